The summed E-state index contributed by atoms with van der Waals surface area (Å²) in [5.41, 5.74) is 5.73. The van der Waals surface area contributed by atoms with Crippen molar-refractivity contribution in [2.24, 2.45) is 27.6 Å². The molecule has 3 heteroatoms. The van der Waals surface area contributed by atoms with E-state index in [2.05, 4.69) is 150 Å². The first-order valence-electron chi connectivity index (χ1n) is 14.2. The predicted octanol–water partition coefficient (Wildman–Crippen LogP) is 10.1. The van der Waals surface area contributed by atoms with Crippen LogP contribution in [0.25, 0.3) is 0 Å². The quantitative estimate of drug-likeness (QED) is 0.224. The SMILES string of the molecule is CC(C)(C)/C(C#C/C=C(\C#CCC(C#C[Si](C)(C)C)C(C)(C)C)C(C)(C)C)=C/C#CC1(C(C)(C)C)SCCS1. The van der Waals surface area contributed by atoms with E-state index >= 15 is 0 Å². The minimum Gasteiger partial charge on any atom is -0.132 e. The van der Waals surface area contributed by atoms with Crippen molar-refractivity contribution in [2.45, 2.75) is 113 Å². The molecule has 1 fully saturated rings. The lowest BCUT2D eigenvalue weighted by atomic mass is 9.79. The lowest BCUT2D eigenvalue weighted by Crippen LogP contribution is -2.32. The number of rotatable bonds is 1. The van der Waals surface area contributed by atoms with Crippen LogP contribution < -0.4 is 0 Å². The summed E-state index contributed by atoms with van der Waals surface area (Å²) in [7, 11) is -1.42. The molecule has 0 aromatic carbocycles. The van der Waals surface area contributed by atoms with E-state index in [4.69, 9.17) is 0 Å². The Morgan fingerprint density at radius 3 is 1.69 bits per heavy atom. The largest absolute Gasteiger partial charge is 0.132 e. The molecule has 0 spiro atoms. The van der Waals surface area contributed by atoms with Crippen LogP contribution in [0.3, 0.4) is 0 Å². The van der Waals surface area contributed by atoms with E-state index in [0.717, 1.165) is 29.1 Å². The van der Waals surface area contributed by atoms with E-state index in [1.165, 1.54) is 0 Å². The third-order valence-corrected chi connectivity index (χ3v) is 11.3. The summed E-state index contributed by atoms with van der Waals surface area (Å²) >= 11 is 3.98. The van der Waals surface area contributed by atoms with E-state index in [1.54, 1.807) is 0 Å². The van der Waals surface area contributed by atoms with Crippen molar-refractivity contribution in [1.82, 2.24) is 0 Å². The molecule has 1 atom stereocenters. The maximum absolute atomic E-state index is 3.62. The molecule has 1 aliphatic rings. The number of hydrogen-bond donors (Lipinski definition) is 0. The van der Waals surface area contributed by atoms with E-state index in [0.29, 0.717) is 0 Å². The normalized spacial score (nSPS) is 17.4. The summed E-state index contributed by atoms with van der Waals surface area (Å²) < 4.78 is -0.0564. The average Bonchev–Trinajstić information content (AvgIpc) is 3.20. The Morgan fingerprint density at radius 1 is 0.769 bits per heavy atom. The number of thioether (sulfide) groups is 2. The van der Waals surface area contributed by atoms with Crippen LogP contribution in [0, 0.1) is 74.6 Å². The molecule has 0 saturated carbocycles. The van der Waals surface area contributed by atoms with Gasteiger partial charge in [0.25, 0.3) is 0 Å². The van der Waals surface area contributed by atoms with Crippen molar-refractivity contribution in [3.05, 3.63) is 23.3 Å². The molecule has 1 aliphatic heterocycles. The molecule has 39 heavy (non-hydrogen) atoms. The average molecular weight is 579 g/mol. The molecule has 1 rings (SSSR count). The van der Waals surface area contributed by atoms with Crippen LogP contribution in [0.15, 0.2) is 23.3 Å². The van der Waals surface area contributed by atoms with Crippen molar-refractivity contribution in [2.75, 3.05) is 11.5 Å². The van der Waals surface area contributed by atoms with E-state index < -0.39 is 8.07 Å². The van der Waals surface area contributed by atoms with E-state index in [1.807, 2.05) is 35.7 Å². The molecular formula is C36H54S2Si. The first-order valence-corrected chi connectivity index (χ1v) is 19.7. The van der Waals surface area contributed by atoms with Gasteiger partial charge in [-0.1, -0.05) is 138 Å². The smallest absolute Gasteiger partial charge is 0.129 e. The number of allylic oxidation sites excluding steroid dienone is 4. The summed E-state index contributed by atoms with van der Waals surface area (Å²) in [6.45, 7) is 33.8. The molecule has 0 N–H and O–H groups in total. The van der Waals surface area contributed by atoms with Gasteiger partial charge in [-0.2, -0.15) is 0 Å². The molecule has 1 heterocycles. The highest BCUT2D eigenvalue weighted by Crippen LogP contribution is 2.54. The summed E-state index contributed by atoms with van der Waals surface area (Å²) in [6.07, 6.45) is 4.83. The Morgan fingerprint density at radius 2 is 1.26 bits per heavy atom. The second-order valence-corrected chi connectivity index (χ2v) is 23.3. The molecular weight excluding hydrogens is 525 g/mol. The highest BCUT2D eigenvalue weighted by molar-refractivity contribution is 8.21. The second-order valence-electron chi connectivity index (χ2n) is 15.7. The Hall–Kier alpha value is -1.36. The molecule has 1 unspecified atom stereocenters. The predicted molar refractivity (Wildman–Crippen MR) is 184 cm³/mol. The lowest BCUT2D eigenvalue weighted by molar-refractivity contribution is 0.308. The zero-order valence-electron chi connectivity index (χ0n) is 27.7. The van der Waals surface area contributed by atoms with Crippen LogP contribution in [0.5, 0.6) is 0 Å². The van der Waals surface area contributed by atoms with Gasteiger partial charge >= 0.3 is 0 Å². The first kappa shape index (κ1) is 35.7. The summed E-state index contributed by atoms with van der Waals surface area (Å²) in [4.78, 5) is 0. The molecule has 214 valence electrons. The van der Waals surface area contributed by atoms with Crippen LogP contribution in [-0.2, 0) is 0 Å². The van der Waals surface area contributed by atoms with Gasteiger partial charge < -0.3 is 0 Å². The van der Waals surface area contributed by atoms with Crippen molar-refractivity contribution < 1.29 is 0 Å². The lowest BCUT2D eigenvalue weighted by Gasteiger charge is -2.35. The summed E-state index contributed by atoms with van der Waals surface area (Å²) in [5.74, 6) is 26.9. The fourth-order valence-electron chi connectivity index (χ4n) is 3.50. The maximum atomic E-state index is 3.62. The second kappa shape index (κ2) is 13.5. The Balaban J connectivity index is 3.37. The molecule has 0 aromatic heterocycles. The Kier molecular flexibility index (Phi) is 12.4. The maximum Gasteiger partial charge on any atom is 0.129 e. The van der Waals surface area contributed by atoms with E-state index in [9.17, 15) is 0 Å². The van der Waals surface area contributed by atoms with Crippen LogP contribution in [0.1, 0.15) is 89.5 Å². The minimum absolute atomic E-state index is 0.0564. The van der Waals surface area contributed by atoms with Gasteiger partial charge in [-0.3, -0.25) is 0 Å². The molecule has 0 radical (unpaired) electrons. The van der Waals surface area contributed by atoms with Crippen molar-refractivity contribution >= 4 is 31.6 Å². The molecule has 0 amide bonds. The third kappa shape index (κ3) is 12.4. The van der Waals surface area contributed by atoms with Crippen LogP contribution in [-0.4, -0.2) is 23.7 Å². The van der Waals surface area contributed by atoms with Crippen molar-refractivity contribution in [3.8, 4) is 47.0 Å². The minimum atomic E-state index is -1.42. The zero-order chi connectivity index (χ0) is 30.3. The molecule has 0 bridgehead atoms. The summed E-state index contributed by atoms with van der Waals surface area (Å²) in [5, 5.41) is 0. The van der Waals surface area contributed by atoms with Gasteiger partial charge in [-0.25, -0.2) is 0 Å². The van der Waals surface area contributed by atoms with Gasteiger partial charge in [0, 0.05) is 47.1 Å². The highest BCUT2D eigenvalue weighted by Gasteiger charge is 2.44. The number of hydrogen-bond acceptors (Lipinski definition) is 2. The first-order chi connectivity index (χ1) is 17.5. The molecule has 1 saturated heterocycles. The zero-order valence-corrected chi connectivity index (χ0v) is 30.3. The van der Waals surface area contributed by atoms with Crippen molar-refractivity contribution in [3.63, 3.8) is 0 Å². The van der Waals surface area contributed by atoms with Gasteiger partial charge in [-0.05, 0) is 21.7 Å². The van der Waals surface area contributed by atoms with Gasteiger partial charge in [-0.15, -0.1) is 35.0 Å². The van der Waals surface area contributed by atoms with Gasteiger partial charge in [0.05, 0.1) is 0 Å². The molecule has 0 nitrogen and oxygen atoms in total. The Labute approximate surface area is 253 Å². The molecule has 0 aliphatic carbocycles. The Bertz CT molecular complexity index is 1160. The van der Waals surface area contributed by atoms with Crippen LogP contribution in [0.4, 0.5) is 0 Å². The van der Waals surface area contributed by atoms with Gasteiger partial charge in [0.1, 0.15) is 12.2 Å². The van der Waals surface area contributed by atoms with Gasteiger partial charge in [0.2, 0.25) is 0 Å². The van der Waals surface area contributed by atoms with Crippen LogP contribution >= 0.6 is 23.5 Å². The summed E-state index contributed by atoms with van der Waals surface area (Å²) in [6, 6.07) is 0. The standard InChI is InChI=1S/C36H54S2Si/c1-32(2,3)29(20-17-22-31(34(7,8)9)24-28-39(13,14)15)19-16-21-30(33(4,5)6)23-18-25-36(35(10,11)12)37-26-27-38-36/h19,23,31H,22,26-27H2,1-15H3/b29-19+,30-23+. The topological polar surface area (TPSA) is 0 Å². The molecule has 0 aromatic rings. The third-order valence-electron chi connectivity index (χ3n) is 6.37. The highest BCUT2D eigenvalue weighted by atomic mass is 32.2. The fourth-order valence-corrected chi connectivity index (χ4v) is 7.31. The van der Waals surface area contributed by atoms with E-state index in [-0.39, 0.29) is 31.7 Å². The van der Waals surface area contributed by atoms with Crippen molar-refractivity contribution in [1.29, 1.82) is 0 Å². The monoisotopic (exact) mass is 578 g/mol. The van der Waals surface area contributed by atoms with Crippen LogP contribution in [0.2, 0.25) is 19.6 Å². The fraction of sp³-hybridized carbons (Fsp3) is 0.667. The van der Waals surface area contributed by atoms with Gasteiger partial charge in [0.15, 0.2) is 0 Å².